The molecule has 1 aliphatic rings. The number of fused-ring (bicyclic) bond motifs is 1. The number of para-hydroxylation sites is 1. The lowest BCUT2D eigenvalue weighted by Gasteiger charge is -2.11. The van der Waals surface area contributed by atoms with Gasteiger partial charge in [0.1, 0.15) is 17.6 Å². The second-order valence-electron chi connectivity index (χ2n) is 6.12. The zero-order valence-corrected chi connectivity index (χ0v) is 13.7. The Hall–Kier alpha value is -3.08. The Morgan fingerprint density at radius 3 is 2.56 bits per heavy atom. The first-order valence-corrected chi connectivity index (χ1v) is 8.19. The van der Waals surface area contributed by atoms with Crippen LogP contribution in [0.5, 0.6) is 17.2 Å². The molecule has 126 valence electrons. The van der Waals surface area contributed by atoms with Crippen LogP contribution in [0.15, 0.2) is 48.5 Å². The number of aryl methyl sites for hydroxylation is 1. The van der Waals surface area contributed by atoms with Crippen LogP contribution >= 0.6 is 0 Å². The Morgan fingerprint density at radius 1 is 1.08 bits per heavy atom. The van der Waals surface area contributed by atoms with Crippen molar-refractivity contribution in [3.05, 3.63) is 59.9 Å². The first-order chi connectivity index (χ1) is 12.1. The van der Waals surface area contributed by atoms with E-state index in [0.717, 1.165) is 24.0 Å². The second-order valence-corrected chi connectivity index (χ2v) is 6.12. The summed E-state index contributed by atoms with van der Waals surface area (Å²) in [6.45, 7) is 1.79. The van der Waals surface area contributed by atoms with Crippen LogP contribution in [0.4, 0.5) is 0 Å². The summed E-state index contributed by atoms with van der Waals surface area (Å²) in [6.07, 6.45) is 1.71. The first kappa shape index (κ1) is 15.4. The lowest BCUT2D eigenvalue weighted by atomic mass is 10.1. The zero-order chi connectivity index (χ0) is 17.4. The summed E-state index contributed by atoms with van der Waals surface area (Å²) in [7, 11) is 0. The minimum atomic E-state index is -0.574. The van der Waals surface area contributed by atoms with Crippen LogP contribution < -0.4 is 4.74 Å². The molecule has 4 rings (SSSR count). The summed E-state index contributed by atoms with van der Waals surface area (Å²) in [5.74, 6) is 0.629. The third kappa shape index (κ3) is 3.13. The predicted octanol–water partition coefficient (Wildman–Crippen LogP) is 4.36. The number of ether oxygens (including phenoxy) is 2. The van der Waals surface area contributed by atoms with Gasteiger partial charge in [-0.15, -0.1) is 0 Å². The lowest BCUT2D eigenvalue weighted by molar-refractivity contribution is 0.0462. The van der Waals surface area contributed by atoms with Crippen molar-refractivity contribution in [3.63, 3.8) is 0 Å². The van der Waals surface area contributed by atoms with Crippen LogP contribution in [0.3, 0.4) is 0 Å². The molecular formula is C20H17NO4. The van der Waals surface area contributed by atoms with Crippen molar-refractivity contribution in [1.29, 1.82) is 0 Å². The van der Waals surface area contributed by atoms with E-state index < -0.39 is 5.97 Å². The molecule has 0 aliphatic heterocycles. The van der Waals surface area contributed by atoms with Gasteiger partial charge in [-0.3, -0.25) is 0 Å². The molecule has 1 fully saturated rings. The Morgan fingerprint density at radius 2 is 1.84 bits per heavy atom. The van der Waals surface area contributed by atoms with E-state index in [0.29, 0.717) is 16.8 Å². The van der Waals surface area contributed by atoms with E-state index in [1.807, 2.05) is 30.3 Å². The highest BCUT2D eigenvalue weighted by atomic mass is 16.5. The third-order valence-corrected chi connectivity index (χ3v) is 4.11. The van der Waals surface area contributed by atoms with E-state index in [1.165, 1.54) is 0 Å². The maximum atomic E-state index is 12.2. The van der Waals surface area contributed by atoms with Gasteiger partial charge in [-0.1, -0.05) is 18.2 Å². The standard InChI is InChI=1S/C20H17NO4/c1-12-17-11-15(24-13-5-3-2-4-6-13)9-10-16(17)19(22)18(21-12)20(23)25-14-7-8-14/h2-6,9-11,14,22H,7-8H2,1H3. The average molecular weight is 335 g/mol. The van der Waals surface area contributed by atoms with Crippen molar-refractivity contribution in [2.75, 3.05) is 0 Å². The molecule has 1 N–H and O–H groups in total. The molecule has 1 aromatic heterocycles. The molecular weight excluding hydrogens is 318 g/mol. The van der Waals surface area contributed by atoms with Gasteiger partial charge < -0.3 is 14.6 Å². The largest absolute Gasteiger partial charge is 0.505 e. The predicted molar refractivity (Wildman–Crippen MR) is 93.1 cm³/mol. The molecule has 5 heteroatoms. The first-order valence-electron chi connectivity index (χ1n) is 8.19. The summed E-state index contributed by atoms with van der Waals surface area (Å²) in [5, 5.41) is 11.7. The van der Waals surface area contributed by atoms with Crippen molar-refractivity contribution in [2.45, 2.75) is 25.9 Å². The van der Waals surface area contributed by atoms with E-state index in [2.05, 4.69) is 4.98 Å². The van der Waals surface area contributed by atoms with Crippen molar-refractivity contribution in [2.24, 2.45) is 0 Å². The summed E-state index contributed by atoms with van der Waals surface area (Å²) < 4.78 is 11.1. The van der Waals surface area contributed by atoms with Gasteiger partial charge in [0.05, 0.1) is 0 Å². The van der Waals surface area contributed by atoms with Crippen LogP contribution in [0, 0.1) is 6.92 Å². The Labute approximate surface area is 144 Å². The van der Waals surface area contributed by atoms with Crippen LogP contribution in [-0.2, 0) is 4.74 Å². The highest BCUT2D eigenvalue weighted by Crippen LogP contribution is 2.34. The number of benzene rings is 2. The number of carbonyl (C=O) groups excluding carboxylic acids is 1. The van der Waals surface area contributed by atoms with Gasteiger partial charge in [0.25, 0.3) is 0 Å². The Kier molecular flexibility index (Phi) is 3.76. The number of aromatic hydroxyl groups is 1. The van der Waals surface area contributed by atoms with Crippen molar-refractivity contribution in [1.82, 2.24) is 4.98 Å². The van der Waals surface area contributed by atoms with Crippen molar-refractivity contribution < 1.29 is 19.4 Å². The van der Waals surface area contributed by atoms with E-state index in [9.17, 15) is 9.90 Å². The fourth-order valence-electron chi connectivity index (χ4n) is 2.66. The normalized spacial score (nSPS) is 13.6. The summed E-state index contributed by atoms with van der Waals surface area (Å²) in [6, 6.07) is 14.7. The molecule has 0 radical (unpaired) electrons. The van der Waals surface area contributed by atoms with Crippen LogP contribution in [-0.4, -0.2) is 22.2 Å². The molecule has 5 nitrogen and oxygen atoms in total. The Balaban J connectivity index is 1.70. The highest BCUT2D eigenvalue weighted by molar-refractivity contribution is 6.00. The van der Waals surface area contributed by atoms with E-state index in [-0.39, 0.29) is 17.5 Å². The molecule has 0 saturated heterocycles. The maximum absolute atomic E-state index is 12.2. The molecule has 0 unspecified atom stereocenters. The minimum Gasteiger partial charge on any atom is -0.505 e. The van der Waals surface area contributed by atoms with E-state index >= 15 is 0 Å². The molecule has 0 amide bonds. The van der Waals surface area contributed by atoms with E-state index in [1.54, 1.807) is 25.1 Å². The fraction of sp³-hybridized carbons (Fsp3) is 0.200. The average Bonchev–Trinajstić information content (AvgIpc) is 3.43. The maximum Gasteiger partial charge on any atom is 0.361 e. The molecule has 2 aromatic carbocycles. The van der Waals surface area contributed by atoms with Gasteiger partial charge in [-0.05, 0) is 50.1 Å². The number of carbonyl (C=O) groups is 1. The number of hydrogen-bond donors (Lipinski definition) is 1. The number of aromatic nitrogens is 1. The minimum absolute atomic E-state index is 0.0337. The summed E-state index contributed by atoms with van der Waals surface area (Å²) >= 11 is 0. The molecule has 0 bridgehead atoms. The van der Waals surface area contributed by atoms with Crippen LogP contribution in [0.25, 0.3) is 10.8 Å². The van der Waals surface area contributed by atoms with Crippen molar-refractivity contribution in [3.8, 4) is 17.2 Å². The van der Waals surface area contributed by atoms with E-state index in [4.69, 9.17) is 9.47 Å². The van der Waals surface area contributed by atoms with Crippen LogP contribution in [0.2, 0.25) is 0 Å². The number of hydrogen-bond acceptors (Lipinski definition) is 5. The Bertz CT molecular complexity index is 949. The third-order valence-electron chi connectivity index (χ3n) is 4.11. The zero-order valence-electron chi connectivity index (χ0n) is 13.7. The quantitative estimate of drug-likeness (QED) is 0.717. The smallest absolute Gasteiger partial charge is 0.361 e. The monoisotopic (exact) mass is 335 g/mol. The second kappa shape index (κ2) is 6.09. The lowest BCUT2D eigenvalue weighted by Crippen LogP contribution is -2.10. The molecule has 0 spiro atoms. The number of esters is 1. The molecule has 1 aliphatic carbocycles. The number of pyridine rings is 1. The molecule has 1 saturated carbocycles. The number of nitrogens with zero attached hydrogens (tertiary/aromatic N) is 1. The van der Waals surface area contributed by atoms with Crippen LogP contribution in [0.1, 0.15) is 29.0 Å². The van der Waals surface area contributed by atoms with Gasteiger partial charge in [-0.2, -0.15) is 0 Å². The molecule has 3 aromatic rings. The molecule has 0 atom stereocenters. The van der Waals surface area contributed by atoms with Gasteiger partial charge in [0.15, 0.2) is 11.4 Å². The van der Waals surface area contributed by atoms with Gasteiger partial charge >= 0.3 is 5.97 Å². The summed E-state index contributed by atoms with van der Waals surface area (Å²) in [4.78, 5) is 16.4. The van der Waals surface area contributed by atoms with Gasteiger partial charge in [0, 0.05) is 16.5 Å². The fourth-order valence-corrected chi connectivity index (χ4v) is 2.66. The molecule has 25 heavy (non-hydrogen) atoms. The number of rotatable bonds is 4. The SMILES string of the molecule is Cc1nc(C(=O)OC2CC2)c(O)c2ccc(Oc3ccccc3)cc12. The topological polar surface area (TPSA) is 68.7 Å². The molecule has 1 heterocycles. The van der Waals surface area contributed by atoms with Crippen molar-refractivity contribution >= 4 is 16.7 Å². The highest BCUT2D eigenvalue weighted by Gasteiger charge is 2.29. The van der Waals surface area contributed by atoms with Gasteiger partial charge in [-0.25, -0.2) is 9.78 Å². The van der Waals surface area contributed by atoms with Gasteiger partial charge in [0.2, 0.25) is 0 Å². The summed E-state index contributed by atoms with van der Waals surface area (Å²) in [5.41, 5.74) is 0.600.